The third kappa shape index (κ3) is 3.77. The van der Waals surface area contributed by atoms with Crippen LogP contribution in [0.1, 0.15) is 37.6 Å². The molecule has 0 atom stereocenters. The summed E-state index contributed by atoms with van der Waals surface area (Å²) in [6, 6.07) is 1.99. The van der Waals surface area contributed by atoms with E-state index >= 15 is 0 Å². The minimum atomic E-state index is 0.281. The number of carbonyl (C=O) groups is 1. The Morgan fingerprint density at radius 3 is 2.88 bits per heavy atom. The van der Waals surface area contributed by atoms with Gasteiger partial charge in [-0.25, -0.2) is 0 Å². The predicted molar refractivity (Wildman–Crippen MR) is 64.3 cm³/mol. The van der Waals surface area contributed by atoms with Crippen LogP contribution in [0, 0.1) is 6.92 Å². The highest BCUT2D eigenvalue weighted by Crippen LogP contribution is 2.07. The zero-order valence-corrected chi connectivity index (χ0v) is 10.2. The summed E-state index contributed by atoms with van der Waals surface area (Å²) in [4.78, 5) is 11.7. The lowest BCUT2D eigenvalue weighted by Gasteiger charge is -2.03. The molecule has 0 spiro atoms. The van der Waals surface area contributed by atoms with Crippen LogP contribution in [0.4, 0.5) is 0 Å². The number of carbonyl (C=O) groups excluding carboxylic acids is 1. The van der Waals surface area contributed by atoms with Gasteiger partial charge in [-0.1, -0.05) is 0 Å². The molecule has 0 aliphatic carbocycles. The van der Waals surface area contributed by atoms with Crippen molar-refractivity contribution in [1.29, 1.82) is 0 Å². The number of aryl methyl sites for hydroxylation is 2. The van der Waals surface area contributed by atoms with Crippen molar-refractivity contribution in [1.82, 2.24) is 9.78 Å². The summed E-state index contributed by atoms with van der Waals surface area (Å²) in [6.45, 7) is 5.47. The number of ketones is 1. The molecule has 0 radical (unpaired) electrons. The molecule has 1 aromatic heterocycles. The van der Waals surface area contributed by atoms with Crippen molar-refractivity contribution in [3.63, 3.8) is 0 Å². The van der Waals surface area contributed by atoms with Crippen LogP contribution >= 0.6 is 0 Å². The molecule has 90 valence electrons. The number of hydrogen-bond donors (Lipinski definition) is 1. The lowest BCUT2D eigenvalue weighted by atomic mass is 10.1. The average Bonchev–Trinajstić information content (AvgIpc) is 2.59. The first-order chi connectivity index (χ1) is 7.67. The molecule has 0 unspecified atom stereocenters. The molecule has 0 aromatic carbocycles. The molecule has 1 rings (SSSR count). The molecule has 0 aliphatic heterocycles. The maximum absolute atomic E-state index is 11.7. The molecule has 0 saturated carbocycles. The van der Waals surface area contributed by atoms with Gasteiger partial charge in [0.25, 0.3) is 0 Å². The van der Waals surface area contributed by atoms with E-state index < -0.39 is 0 Å². The fourth-order valence-corrected chi connectivity index (χ4v) is 1.77. The van der Waals surface area contributed by atoms with E-state index in [1.165, 1.54) is 0 Å². The quantitative estimate of drug-likeness (QED) is 0.712. The van der Waals surface area contributed by atoms with Crippen molar-refractivity contribution in [2.45, 2.75) is 46.1 Å². The zero-order chi connectivity index (χ0) is 12.0. The molecular formula is C12H21N3O. The van der Waals surface area contributed by atoms with Crippen LogP contribution in [0.15, 0.2) is 6.07 Å². The Bertz CT molecular complexity index is 344. The second-order valence-electron chi connectivity index (χ2n) is 4.05. The maximum Gasteiger partial charge on any atom is 0.138 e. The Morgan fingerprint density at radius 1 is 1.50 bits per heavy atom. The second kappa shape index (κ2) is 6.43. The van der Waals surface area contributed by atoms with Crippen LogP contribution in [0.5, 0.6) is 0 Å². The van der Waals surface area contributed by atoms with Crippen molar-refractivity contribution in [2.75, 3.05) is 6.54 Å². The van der Waals surface area contributed by atoms with Gasteiger partial charge in [0.15, 0.2) is 0 Å². The van der Waals surface area contributed by atoms with E-state index in [4.69, 9.17) is 5.73 Å². The van der Waals surface area contributed by atoms with E-state index in [-0.39, 0.29) is 5.78 Å². The van der Waals surface area contributed by atoms with Gasteiger partial charge in [0.1, 0.15) is 5.78 Å². The zero-order valence-electron chi connectivity index (χ0n) is 10.2. The maximum atomic E-state index is 11.7. The molecule has 0 aliphatic rings. The lowest BCUT2D eigenvalue weighted by Crippen LogP contribution is -2.10. The second-order valence-corrected chi connectivity index (χ2v) is 4.05. The Balaban J connectivity index is 2.48. The molecule has 1 heterocycles. The third-order valence-corrected chi connectivity index (χ3v) is 2.57. The number of hydrogen-bond acceptors (Lipinski definition) is 3. The summed E-state index contributed by atoms with van der Waals surface area (Å²) in [7, 11) is 0. The van der Waals surface area contributed by atoms with Gasteiger partial charge in [-0.2, -0.15) is 5.10 Å². The van der Waals surface area contributed by atoms with Crippen LogP contribution in [0.2, 0.25) is 0 Å². The van der Waals surface area contributed by atoms with Crippen LogP contribution < -0.4 is 5.73 Å². The summed E-state index contributed by atoms with van der Waals surface area (Å²) in [5.74, 6) is 0.281. The van der Waals surface area contributed by atoms with E-state index in [0.717, 1.165) is 30.8 Å². The first-order valence-electron chi connectivity index (χ1n) is 5.92. The van der Waals surface area contributed by atoms with Crippen molar-refractivity contribution < 1.29 is 4.79 Å². The molecule has 0 saturated heterocycles. The highest BCUT2D eigenvalue weighted by atomic mass is 16.1. The lowest BCUT2D eigenvalue weighted by molar-refractivity contribution is -0.118. The minimum absolute atomic E-state index is 0.281. The molecule has 4 heteroatoms. The minimum Gasteiger partial charge on any atom is -0.330 e. The van der Waals surface area contributed by atoms with Gasteiger partial charge in [-0.3, -0.25) is 9.48 Å². The topological polar surface area (TPSA) is 60.9 Å². The summed E-state index contributed by atoms with van der Waals surface area (Å²) < 4.78 is 1.90. The monoisotopic (exact) mass is 223 g/mol. The van der Waals surface area contributed by atoms with E-state index in [2.05, 4.69) is 5.10 Å². The van der Waals surface area contributed by atoms with Crippen molar-refractivity contribution in [3.05, 3.63) is 17.5 Å². The standard InChI is InChI=1S/C12H21N3O/c1-3-15-11(8-10(2)14-15)9-12(16)6-4-5-7-13/h8H,3-7,9,13H2,1-2H3. The summed E-state index contributed by atoms with van der Waals surface area (Å²) in [6.07, 6.45) is 2.96. The SMILES string of the molecule is CCn1nc(C)cc1CC(=O)CCCCN. The van der Waals surface area contributed by atoms with Crippen LogP contribution in [-0.4, -0.2) is 22.1 Å². The van der Waals surface area contributed by atoms with Crippen molar-refractivity contribution >= 4 is 5.78 Å². The summed E-state index contributed by atoms with van der Waals surface area (Å²) in [5, 5.41) is 4.32. The van der Waals surface area contributed by atoms with E-state index in [9.17, 15) is 4.79 Å². The number of Topliss-reactive ketones (excluding diaryl/α,β-unsaturated/α-hetero) is 1. The van der Waals surface area contributed by atoms with Gasteiger partial charge in [0, 0.05) is 25.1 Å². The molecule has 16 heavy (non-hydrogen) atoms. The Labute approximate surface area is 96.8 Å². The Kier molecular flexibility index (Phi) is 5.19. The molecule has 0 fully saturated rings. The number of nitrogens with zero attached hydrogens (tertiary/aromatic N) is 2. The molecule has 4 nitrogen and oxygen atoms in total. The largest absolute Gasteiger partial charge is 0.330 e. The number of nitrogens with two attached hydrogens (primary N) is 1. The Hall–Kier alpha value is -1.16. The number of rotatable bonds is 7. The molecule has 0 bridgehead atoms. The highest BCUT2D eigenvalue weighted by molar-refractivity contribution is 5.80. The smallest absolute Gasteiger partial charge is 0.138 e. The van der Waals surface area contributed by atoms with E-state index in [1.54, 1.807) is 0 Å². The third-order valence-electron chi connectivity index (χ3n) is 2.57. The molecule has 0 amide bonds. The first kappa shape index (κ1) is 12.9. The van der Waals surface area contributed by atoms with Crippen LogP contribution in [-0.2, 0) is 17.8 Å². The van der Waals surface area contributed by atoms with Gasteiger partial charge >= 0.3 is 0 Å². The van der Waals surface area contributed by atoms with Gasteiger partial charge in [-0.05, 0) is 39.3 Å². The fourth-order valence-electron chi connectivity index (χ4n) is 1.77. The average molecular weight is 223 g/mol. The van der Waals surface area contributed by atoms with Crippen molar-refractivity contribution in [3.8, 4) is 0 Å². The van der Waals surface area contributed by atoms with Gasteiger partial charge in [0.2, 0.25) is 0 Å². The van der Waals surface area contributed by atoms with Gasteiger partial charge in [0.05, 0.1) is 5.69 Å². The van der Waals surface area contributed by atoms with Crippen LogP contribution in [0.25, 0.3) is 0 Å². The van der Waals surface area contributed by atoms with Crippen molar-refractivity contribution in [2.24, 2.45) is 5.73 Å². The summed E-state index contributed by atoms with van der Waals surface area (Å²) >= 11 is 0. The summed E-state index contributed by atoms with van der Waals surface area (Å²) in [5.41, 5.74) is 7.39. The predicted octanol–water partition coefficient (Wildman–Crippen LogP) is 1.45. The highest BCUT2D eigenvalue weighted by Gasteiger charge is 2.09. The van der Waals surface area contributed by atoms with Gasteiger partial charge < -0.3 is 5.73 Å². The number of unbranched alkanes of at least 4 members (excludes halogenated alkanes) is 1. The molecular weight excluding hydrogens is 202 g/mol. The normalized spacial score (nSPS) is 10.7. The van der Waals surface area contributed by atoms with E-state index in [1.807, 2.05) is 24.6 Å². The van der Waals surface area contributed by atoms with Gasteiger partial charge in [-0.15, -0.1) is 0 Å². The Morgan fingerprint density at radius 2 is 2.25 bits per heavy atom. The number of aromatic nitrogens is 2. The first-order valence-corrected chi connectivity index (χ1v) is 5.92. The molecule has 1 aromatic rings. The van der Waals surface area contributed by atoms with Crippen LogP contribution in [0.3, 0.4) is 0 Å². The molecule has 2 N–H and O–H groups in total. The van der Waals surface area contributed by atoms with E-state index in [0.29, 0.717) is 19.4 Å². The fraction of sp³-hybridized carbons (Fsp3) is 0.667.